The van der Waals surface area contributed by atoms with Crippen molar-refractivity contribution in [3.63, 3.8) is 0 Å². The molecule has 0 amide bonds. The predicted molar refractivity (Wildman–Crippen MR) is 65.3 cm³/mol. The van der Waals surface area contributed by atoms with E-state index in [0.29, 0.717) is 21.8 Å². The molecule has 6 heteroatoms. The van der Waals surface area contributed by atoms with Crippen molar-refractivity contribution in [2.75, 3.05) is 5.73 Å². The number of hydrogen-bond donors (Lipinski definition) is 1. The van der Waals surface area contributed by atoms with Crippen LogP contribution >= 0.6 is 11.3 Å². The highest BCUT2D eigenvalue weighted by Crippen LogP contribution is 2.27. The molecule has 5 nitrogen and oxygen atoms in total. The summed E-state index contributed by atoms with van der Waals surface area (Å²) in [5.41, 5.74) is 6.49. The first-order valence-corrected chi connectivity index (χ1v) is 5.75. The Morgan fingerprint density at radius 2 is 1.82 bits per heavy atom. The van der Waals surface area contributed by atoms with Crippen LogP contribution in [0.15, 0.2) is 40.9 Å². The number of hydrogen-bond acceptors (Lipinski definition) is 6. The molecule has 2 aromatic heterocycles. The van der Waals surface area contributed by atoms with Gasteiger partial charge in [-0.05, 0) is 12.1 Å². The van der Waals surface area contributed by atoms with Crippen LogP contribution in [-0.4, -0.2) is 15.2 Å². The highest BCUT2D eigenvalue weighted by atomic mass is 32.1. The van der Waals surface area contributed by atoms with Crippen LogP contribution in [0.1, 0.15) is 0 Å². The lowest BCUT2D eigenvalue weighted by atomic mass is 10.2. The van der Waals surface area contributed by atoms with E-state index in [1.807, 2.05) is 30.3 Å². The molecular formula is C11H8N4OS. The molecule has 0 aliphatic carbocycles. The number of aromatic nitrogens is 3. The van der Waals surface area contributed by atoms with Gasteiger partial charge < -0.3 is 10.2 Å². The van der Waals surface area contributed by atoms with Gasteiger partial charge in [-0.25, -0.2) is 4.98 Å². The summed E-state index contributed by atoms with van der Waals surface area (Å²) in [5, 5.41) is 9.19. The second-order valence-electron chi connectivity index (χ2n) is 3.35. The summed E-state index contributed by atoms with van der Waals surface area (Å²) >= 11 is 1.32. The fourth-order valence-electron chi connectivity index (χ4n) is 1.39. The molecule has 3 rings (SSSR count). The molecule has 0 spiro atoms. The van der Waals surface area contributed by atoms with Gasteiger partial charge in [-0.15, -0.1) is 10.2 Å². The zero-order valence-corrected chi connectivity index (χ0v) is 9.52. The van der Waals surface area contributed by atoms with E-state index >= 15 is 0 Å². The second kappa shape index (κ2) is 3.99. The molecule has 0 radical (unpaired) electrons. The van der Waals surface area contributed by atoms with Gasteiger partial charge in [0.2, 0.25) is 5.89 Å². The molecule has 0 aliphatic heterocycles. The zero-order chi connectivity index (χ0) is 11.7. The van der Waals surface area contributed by atoms with Crippen molar-refractivity contribution >= 4 is 16.3 Å². The van der Waals surface area contributed by atoms with Gasteiger partial charge in [0.1, 0.15) is 5.00 Å². The van der Waals surface area contributed by atoms with Crippen LogP contribution in [-0.2, 0) is 0 Å². The Balaban J connectivity index is 1.99. The molecule has 3 aromatic rings. The molecule has 0 bridgehead atoms. The predicted octanol–water partition coefficient (Wildman–Crippen LogP) is 2.44. The van der Waals surface area contributed by atoms with E-state index in [4.69, 9.17) is 10.2 Å². The number of anilines is 1. The summed E-state index contributed by atoms with van der Waals surface area (Å²) in [7, 11) is 0. The van der Waals surface area contributed by atoms with Crippen molar-refractivity contribution in [3.8, 4) is 22.4 Å². The first kappa shape index (κ1) is 9.98. The average Bonchev–Trinajstić information content (AvgIpc) is 2.98. The van der Waals surface area contributed by atoms with Gasteiger partial charge in [-0.3, -0.25) is 0 Å². The van der Waals surface area contributed by atoms with Gasteiger partial charge in [-0.1, -0.05) is 29.5 Å². The minimum Gasteiger partial charge on any atom is -0.414 e. The van der Waals surface area contributed by atoms with Crippen LogP contribution in [0.4, 0.5) is 5.00 Å². The standard InChI is InChI=1S/C11H8N4OS/c12-8-6-13-11(17-8)10-15-14-9(16-10)7-4-2-1-3-5-7/h1-6H,12H2. The fourth-order valence-corrected chi connectivity index (χ4v) is 2.00. The molecule has 0 atom stereocenters. The summed E-state index contributed by atoms with van der Waals surface area (Å²) < 4.78 is 5.54. The third kappa shape index (κ3) is 1.90. The molecule has 0 saturated heterocycles. The van der Waals surface area contributed by atoms with E-state index in [-0.39, 0.29) is 0 Å². The van der Waals surface area contributed by atoms with Crippen LogP contribution in [0.3, 0.4) is 0 Å². The minimum atomic E-state index is 0.394. The van der Waals surface area contributed by atoms with Gasteiger partial charge >= 0.3 is 0 Å². The SMILES string of the molecule is Nc1cnc(-c2nnc(-c3ccccc3)o2)s1. The molecule has 2 N–H and O–H groups in total. The van der Waals surface area contributed by atoms with Gasteiger partial charge in [0.15, 0.2) is 5.01 Å². The van der Waals surface area contributed by atoms with Gasteiger partial charge in [-0.2, -0.15) is 0 Å². The lowest BCUT2D eigenvalue weighted by molar-refractivity contribution is 0.584. The topological polar surface area (TPSA) is 77.8 Å². The van der Waals surface area contributed by atoms with Crippen molar-refractivity contribution < 1.29 is 4.42 Å². The first-order chi connectivity index (χ1) is 8.33. The summed E-state index contributed by atoms with van der Waals surface area (Å²) in [6.45, 7) is 0. The van der Waals surface area contributed by atoms with Crippen LogP contribution < -0.4 is 5.73 Å². The molecule has 17 heavy (non-hydrogen) atoms. The molecular weight excluding hydrogens is 236 g/mol. The smallest absolute Gasteiger partial charge is 0.277 e. The van der Waals surface area contributed by atoms with Crippen LogP contribution in [0.25, 0.3) is 22.4 Å². The summed E-state index contributed by atoms with van der Waals surface area (Å²) in [6, 6.07) is 9.59. The van der Waals surface area contributed by atoms with Crippen molar-refractivity contribution in [2.24, 2.45) is 0 Å². The van der Waals surface area contributed by atoms with E-state index in [9.17, 15) is 0 Å². The number of nitrogen functional groups attached to an aromatic ring is 1. The van der Waals surface area contributed by atoms with Gasteiger partial charge in [0.25, 0.3) is 5.89 Å². The fraction of sp³-hybridized carbons (Fsp3) is 0. The van der Waals surface area contributed by atoms with Crippen molar-refractivity contribution in [3.05, 3.63) is 36.5 Å². The maximum atomic E-state index is 5.60. The van der Waals surface area contributed by atoms with Crippen molar-refractivity contribution in [1.29, 1.82) is 0 Å². The van der Waals surface area contributed by atoms with E-state index in [0.717, 1.165) is 5.56 Å². The molecule has 1 aromatic carbocycles. The lowest BCUT2D eigenvalue weighted by Crippen LogP contribution is -1.75. The molecule has 0 aliphatic rings. The Morgan fingerprint density at radius 3 is 2.53 bits per heavy atom. The normalized spacial score (nSPS) is 10.6. The van der Waals surface area contributed by atoms with Gasteiger partial charge in [0.05, 0.1) is 6.20 Å². The Bertz CT molecular complexity index is 632. The Morgan fingerprint density at radius 1 is 1.06 bits per heavy atom. The largest absolute Gasteiger partial charge is 0.414 e. The maximum absolute atomic E-state index is 5.60. The molecule has 0 fully saturated rings. The zero-order valence-electron chi connectivity index (χ0n) is 8.70. The average molecular weight is 244 g/mol. The summed E-state index contributed by atoms with van der Waals surface area (Å²) in [6.07, 6.45) is 1.58. The number of nitrogens with two attached hydrogens (primary N) is 1. The number of rotatable bonds is 2. The van der Waals surface area contributed by atoms with E-state index in [2.05, 4.69) is 15.2 Å². The van der Waals surface area contributed by atoms with E-state index in [1.165, 1.54) is 11.3 Å². The lowest BCUT2D eigenvalue weighted by Gasteiger charge is -1.91. The third-order valence-electron chi connectivity index (χ3n) is 2.15. The first-order valence-electron chi connectivity index (χ1n) is 4.93. The minimum absolute atomic E-state index is 0.394. The van der Waals surface area contributed by atoms with Crippen LogP contribution in [0.2, 0.25) is 0 Å². The van der Waals surface area contributed by atoms with Crippen molar-refractivity contribution in [1.82, 2.24) is 15.2 Å². The van der Waals surface area contributed by atoms with E-state index < -0.39 is 0 Å². The van der Waals surface area contributed by atoms with E-state index in [1.54, 1.807) is 6.20 Å². The summed E-state index contributed by atoms with van der Waals surface area (Å²) in [4.78, 5) is 4.09. The Labute approximate surface area is 101 Å². The molecule has 0 unspecified atom stereocenters. The maximum Gasteiger partial charge on any atom is 0.277 e. The Kier molecular flexibility index (Phi) is 2.34. The molecule has 0 saturated carbocycles. The monoisotopic (exact) mass is 244 g/mol. The number of nitrogens with zero attached hydrogens (tertiary/aromatic N) is 3. The highest BCUT2D eigenvalue weighted by molar-refractivity contribution is 7.18. The third-order valence-corrected chi connectivity index (χ3v) is 2.97. The summed E-state index contributed by atoms with van der Waals surface area (Å²) in [5.74, 6) is 0.875. The van der Waals surface area contributed by atoms with Crippen molar-refractivity contribution in [2.45, 2.75) is 0 Å². The molecule has 84 valence electrons. The second-order valence-corrected chi connectivity index (χ2v) is 4.41. The Hall–Kier alpha value is -2.21. The number of thiazole rings is 1. The number of benzene rings is 1. The van der Waals surface area contributed by atoms with Crippen LogP contribution in [0, 0.1) is 0 Å². The highest BCUT2D eigenvalue weighted by Gasteiger charge is 2.12. The van der Waals surface area contributed by atoms with Gasteiger partial charge in [0, 0.05) is 5.56 Å². The quantitative estimate of drug-likeness (QED) is 0.749. The van der Waals surface area contributed by atoms with Crippen LogP contribution in [0.5, 0.6) is 0 Å². The molecule has 2 heterocycles.